The highest BCUT2D eigenvalue weighted by molar-refractivity contribution is 5.31. The number of ether oxygens (including phenoxy) is 1. The van der Waals surface area contributed by atoms with Crippen LogP contribution in [0.25, 0.3) is 0 Å². The van der Waals surface area contributed by atoms with Crippen molar-refractivity contribution in [2.24, 2.45) is 5.73 Å². The van der Waals surface area contributed by atoms with Gasteiger partial charge in [-0.15, -0.1) is 0 Å². The number of nitrogens with two attached hydrogens (primary N) is 1. The third kappa shape index (κ3) is 3.17. The van der Waals surface area contributed by atoms with Crippen LogP contribution in [0, 0.1) is 5.82 Å². The van der Waals surface area contributed by atoms with Crippen molar-refractivity contribution in [2.45, 2.75) is 18.9 Å². The van der Waals surface area contributed by atoms with Crippen LogP contribution in [0.4, 0.5) is 4.39 Å². The molecule has 0 fully saturated rings. The molecule has 0 amide bonds. The van der Waals surface area contributed by atoms with E-state index in [1.54, 1.807) is 6.07 Å². The summed E-state index contributed by atoms with van der Waals surface area (Å²) in [5.41, 5.74) is 6.68. The van der Waals surface area contributed by atoms with Gasteiger partial charge in [-0.2, -0.15) is 0 Å². The average Bonchev–Trinajstić information content (AvgIpc) is 2.29. The highest BCUT2D eigenvalue weighted by atomic mass is 19.1. The number of methoxy groups -OCH3 is 1. The highest BCUT2D eigenvalue weighted by Crippen LogP contribution is 2.26. The molecule has 0 saturated heterocycles. The van der Waals surface area contributed by atoms with Gasteiger partial charge < -0.3 is 15.4 Å². The Kier molecular flexibility index (Phi) is 4.90. The van der Waals surface area contributed by atoms with Crippen LogP contribution in [-0.2, 0) is 0 Å². The molecule has 0 aromatic heterocycles. The van der Waals surface area contributed by atoms with Crippen LogP contribution < -0.4 is 10.5 Å². The molecule has 2 N–H and O–H groups in total. The first kappa shape index (κ1) is 13.9. The van der Waals surface area contributed by atoms with E-state index in [0.29, 0.717) is 6.54 Å². The number of likely N-dealkylation sites (N-methyl/N-ethyl adjacent to an activating group) is 1. The minimum atomic E-state index is -0.327. The third-order valence-corrected chi connectivity index (χ3v) is 3.18. The zero-order valence-electron chi connectivity index (χ0n) is 10.9. The van der Waals surface area contributed by atoms with Crippen molar-refractivity contribution in [3.8, 4) is 5.75 Å². The Labute approximate surface area is 102 Å². The predicted octanol–water partition coefficient (Wildman–Crippen LogP) is 1.83. The smallest absolute Gasteiger partial charge is 0.165 e. The number of rotatable bonds is 5. The molecule has 0 bridgehead atoms. The van der Waals surface area contributed by atoms with Gasteiger partial charge >= 0.3 is 0 Å². The molecule has 0 aliphatic rings. The van der Waals surface area contributed by atoms with Gasteiger partial charge in [0.05, 0.1) is 7.11 Å². The molecule has 1 aromatic rings. The molecule has 4 heteroatoms. The van der Waals surface area contributed by atoms with Gasteiger partial charge in [0, 0.05) is 12.6 Å². The van der Waals surface area contributed by atoms with Gasteiger partial charge in [-0.25, -0.2) is 4.39 Å². The summed E-state index contributed by atoms with van der Waals surface area (Å²) < 4.78 is 18.5. The monoisotopic (exact) mass is 240 g/mol. The zero-order chi connectivity index (χ0) is 13.0. The Bertz CT molecular complexity index is 368. The number of benzene rings is 1. The van der Waals surface area contributed by atoms with Gasteiger partial charge in [0.1, 0.15) is 0 Å². The lowest BCUT2D eigenvalue weighted by atomic mass is 9.92. The molecule has 0 aliphatic carbocycles. The summed E-state index contributed by atoms with van der Waals surface area (Å²) in [6.07, 6.45) is 0. The fraction of sp³-hybridized carbons (Fsp3) is 0.538. The van der Waals surface area contributed by atoms with Crippen molar-refractivity contribution in [3.63, 3.8) is 0 Å². The molecule has 1 aromatic carbocycles. The first-order chi connectivity index (χ1) is 8.01. The molecular weight excluding hydrogens is 219 g/mol. The lowest BCUT2D eigenvalue weighted by Crippen LogP contribution is -2.39. The predicted molar refractivity (Wildman–Crippen MR) is 67.9 cm³/mol. The van der Waals surface area contributed by atoms with Crippen molar-refractivity contribution in [1.29, 1.82) is 0 Å². The minimum absolute atomic E-state index is 0.176. The molecule has 2 unspecified atom stereocenters. The van der Waals surface area contributed by atoms with Crippen LogP contribution in [0.2, 0.25) is 0 Å². The van der Waals surface area contributed by atoms with E-state index in [-0.39, 0.29) is 23.5 Å². The second-order valence-electron chi connectivity index (χ2n) is 4.45. The minimum Gasteiger partial charge on any atom is -0.494 e. The summed E-state index contributed by atoms with van der Waals surface area (Å²) >= 11 is 0. The highest BCUT2D eigenvalue weighted by Gasteiger charge is 2.20. The molecule has 0 heterocycles. The van der Waals surface area contributed by atoms with E-state index in [9.17, 15) is 4.39 Å². The second-order valence-corrected chi connectivity index (χ2v) is 4.45. The van der Waals surface area contributed by atoms with Crippen molar-refractivity contribution in [2.75, 3.05) is 27.7 Å². The normalized spacial score (nSPS) is 14.8. The first-order valence-electron chi connectivity index (χ1n) is 5.71. The van der Waals surface area contributed by atoms with Crippen LogP contribution in [0.1, 0.15) is 18.4 Å². The fourth-order valence-corrected chi connectivity index (χ4v) is 2.05. The summed E-state index contributed by atoms with van der Waals surface area (Å²) in [5.74, 6) is 0.122. The fourth-order valence-electron chi connectivity index (χ4n) is 2.05. The summed E-state index contributed by atoms with van der Waals surface area (Å²) in [6.45, 7) is 2.60. The van der Waals surface area contributed by atoms with Gasteiger partial charge in [-0.1, -0.05) is 13.0 Å². The Balaban J connectivity index is 2.95. The van der Waals surface area contributed by atoms with Gasteiger partial charge in [0.15, 0.2) is 11.6 Å². The van der Waals surface area contributed by atoms with Crippen molar-refractivity contribution < 1.29 is 9.13 Å². The summed E-state index contributed by atoms with van der Waals surface area (Å²) in [5, 5.41) is 0. The molecule has 96 valence electrons. The molecule has 0 aliphatic heterocycles. The van der Waals surface area contributed by atoms with Gasteiger partial charge in [0.25, 0.3) is 0 Å². The standard InChI is InChI=1S/C13H21FN2O/c1-9(12(8-15)16(2)3)10-5-6-13(17-4)11(14)7-10/h5-7,9,12H,8,15H2,1-4H3. The van der Waals surface area contributed by atoms with Crippen LogP contribution in [0.5, 0.6) is 5.75 Å². The summed E-state index contributed by atoms with van der Waals surface area (Å²) in [7, 11) is 5.42. The summed E-state index contributed by atoms with van der Waals surface area (Å²) in [6, 6.07) is 5.27. The molecule has 0 radical (unpaired) electrons. The van der Waals surface area contributed by atoms with Crippen LogP contribution >= 0.6 is 0 Å². The van der Waals surface area contributed by atoms with E-state index in [1.807, 2.05) is 20.2 Å². The quantitative estimate of drug-likeness (QED) is 0.853. The Morgan fingerprint density at radius 2 is 2.06 bits per heavy atom. The molecule has 3 nitrogen and oxygen atoms in total. The van der Waals surface area contributed by atoms with E-state index in [4.69, 9.17) is 10.5 Å². The van der Waals surface area contributed by atoms with E-state index >= 15 is 0 Å². The number of nitrogens with zero attached hydrogens (tertiary/aromatic N) is 1. The van der Waals surface area contributed by atoms with E-state index < -0.39 is 0 Å². The zero-order valence-corrected chi connectivity index (χ0v) is 10.9. The molecular formula is C13H21FN2O. The largest absolute Gasteiger partial charge is 0.494 e. The van der Waals surface area contributed by atoms with Crippen LogP contribution in [-0.4, -0.2) is 38.7 Å². The first-order valence-corrected chi connectivity index (χ1v) is 5.71. The van der Waals surface area contributed by atoms with Gasteiger partial charge in [0.2, 0.25) is 0 Å². The van der Waals surface area contributed by atoms with Crippen LogP contribution in [0.3, 0.4) is 0 Å². The second kappa shape index (κ2) is 5.98. The number of hydrogen-bond acceptors (Lipinski definition) is 3. The number of halogens is 1. The van der Waals surface area contributed by atoms with Crippen molar-refractivity contribution in [1.82, 2.24) is 4.90 Å². The van der Waals surface area contributed by atoms with Crippen molar-refractivity contribution in [3.05, 3.63) is 29.6 Å². The Hall–Kier alpha value is -1.13. The maximum Gasteiger partial charge on any atom is 0.165 e. The molecule has 1 rings (SSSR count). The topological polar surface area (TPSA) is 38.5 Å². The van der Waals surface area contributed by atoms with E-state index in [1.165, 1.54) is 13.2 Å². The molecule has 0 spiro atoms. The van der Waals surface area contributed by atoms with Gasteiger partial charge in [-0.05, 0) is 37.7 Å². The molecule has 0 saturated carbocycles. The SMILES string of the molecule is COc1ccc(C(C)C(CN)N(C)C)cc1F. The third-order valence-electron chi connectivity index (χ3n) is 3.18. The lowest BCUT2D eigenvalue weighted by molar-refractivity contribution is 0.266. The maximum absolute atomic E-state index is 13.6. The molecule has 2 atom stereocenters. The van der Waals surface area contributed by atoms with Crippen molar-refractivity contribution >= 4 is 0 Å². The van der Waals surface area contributed by atoms with E-state index in [0.717, 1.165) is 5.56 Å². The van der Waals surface area contributed by atoms with E-state index in [2.05, 4.69) is 11.8 Å². The molecule has 17 heavy (non-hydrogen) atoms. The Morgan fingerprint density at radius 1 is 1.41 bits per heavy atom. The van der Waals surface area contributed by atoms with Crippen LogP contribution in [0.15, 0.2) is 18.2 Å². The lowest BCUT2D eigenvalue weighted by Gasteiger charge is -2.29. The van der Waals surface area contributed by atoms with Gasteiger partial charge in [-0.3, -0.25) is 0 Å². The maximum atomic E-state index is 13.6. The summed E-state index contributed by atoms with van der Waals surface area (Å²) in [4.78, 5) is 2.06. The Morgan fingerprint density at radius 3 is 2.47 bits per heavy atom. The average molecular weight is 240 g/mol. The number of hydrogen-bond donors (Lipinski definition) is 1.